The highest BCUT2D eigenvalue weighted by Crippen LogP contribution is 2.29. The topological polar surface area (TPSA) is 84.3 Å². The largest absolute Gasteiger partial charge is 0.483 e. The molecule has 0 fully saturated rings. The Morgan fingerprint density at radius 3 is 2.78 bits per heavy atom. The molecule has 0 atom stereocenters. The van der Waals surface area contributed by atoms with Gasteiger partial charge in [-0.3, -0.25) is 4.79 Å². The van der Waals surface area contributed by atoms with Gasteiger partial charge in [-0.05, 0) is 61.2 Å². The summed E-state index contributed by atoms with van der Waals surface area (Å²) in [5.74, 6) is -0.0625. The first-order valence-corrected chi connectivity index (χ1v) is 10.7. The van der Waals surface area contributed by atoms with Crippen LogP contribution in [-0.4, -0.2) is 24.0 Å². The molecule has 1 amide bonds. The van der Waals surface area contributed by atoms with Crippen molar-refractivity contribution in [2.45, 2.75) is 33.1 Å². The third kappa shape index (κ3) is 4.51. The van der Waals surface area contributed by atoms with Crippen molar-refractivity contribution in [1.82, 2.24) is 10.3 Å². The van der Waals surface area contributed by atoms with Gasteiger partial charge in [0.2, 0.25) is 0 Å². The second kappa shape index (κ2) is 9.26. The van der Waals surface area contributed by atoms with E-state index in [1.165, 1.54) is 18.2 Å². The van der Waals surface area contributed by atoms with Crippen LogP contribution in [0.25, 0.3) is 21.9 Å². The fourth-order valence-corrected chi connectivity index (χ4v) is 3.93. The van der Waals surface area contributed by atoms with E-state index in [0.717, 1.165) is 40.3 Å². The molecule has 0 bridgehead atoms. The molecule has 2 heterocycles. The molecule has 32 heavy (non-hydrogen) atoms. The molecule has 2 aromatic heterocycles. The molecule has 166 valence electrons. The van der Waals surface area contributed by atoms with Crippen LogP contribution in [0.5, 0.6) is 5.75 Å². The molecule has 0 saturated heterocycles. The van der Waals surface area contributed by atoms with Gasteiger partial charge in [0, 0.05) is 40.7 Å². The summed E-state index contributed by atoms with van der Waals surface area (Å²) in [4.78, 5) is 27.3. The van der Waals surface area contributed by atoms with Crippen molar-refractivity contribution in [3.63, 3.8) is 0 Å². The summed E-state index contributed by atoms with van der Waals surface area (Å²) in [6.45, 7) is 4.11. The number of halogens is 1. The molecule has 0 aliphatic heterocycles. The predicted molar refractivity (Wildman–Crippen MR) is 122 cm³/mol. The molecule has 7 heteroatoms. The van der Waals surface area contributed by atoms with Crippen LogP contribution in [0, 0.1) is 12.7 Å². The molecule has 0 radical (unpaired) electrons. The number of rotatable bonds is 8. The normalized spacial score (nSPS) is 11.2. The highest BCUT2D eigenvalue weighted by atomic mass is 19.1. The van der Waals surface area contributed by atoms with E-state index in [4.69, 9.17) is 9.15 Å². The number of fused-ring (bicyclic) bond motifs is 2. The Labute approximate surface area is 184 Å². The fraction of sp³-hybridized carbons (Fsp3) is 0.280. The van der Waals surface area contributed by atoms with Crippen molar-refractivity contribution in [2.75, 3.05) is 13.2 Å². The molecular formula is C25H25FN2O4. The van der Waals surface area contributed by atoms with E-state index in [2.05, 4.69) is 17.2 Å². The second-order valence-corrected chi connectivity index (χ2v) is 7.80. The summed E-state index contributed by atoms with van der Waals surface area (Å²) >= 11 is 0. The van der Waals surface area contributed by atoms with Crippen LogP contribution < -0.4 is 15.7 Å². The van der Waals surface area contributed by atoms with Gasteiger partial charge in [0.25, 0.3) is 5.91 Å². The lowest BCUT2D eigenvalue weighted by molar-refractivity contribution is -0.123. The van der Waals surface area contributed by atoms with Crippen LogP contribution in [0.4, 0.5) is 4.39 Å². The molecule has 0 saturated carbocycles. The van der Waals surface area contributed by atoms with Crippen LogP contribution in [0.15, 0.2) is 51.8 Å². The van der Waals surface area contributed by atoms with E-state index < -0.39 is 5.63 Å². The van der Waals surface area contributed by atoms with E-state index in [1.54, 1.807) is 12.1 Å². The second-order valence-electron chi connectivity index (χ2n) is 7.80. The lowest BCUT2D eigenvalue weighted by Gasteiger charge is -2.12. The SMILES string of the molecule is CCCc1cc(=O)oc2c(C)c(OCC(=O)NCCc3c[nH]c4ccc(F)cc34)ccc12. The number of hydrogen-bond acceptors (Lipinski definition) is 4. The zero-order valence-corrected chi connectivity index (χ0v) is 18.1. The van der Waals surface area contributed by atoms with E-state index in [1.807, 2.05) is 19.2 Å². The molecule has 0 spiro atoms. The molecule has 6 nitrogen and oxygen atoms in total. The number of amides is 1. The molecule has 2 aromatic carbocycles. The van der Waals surface area contributed by atoms with Crippen molar-refractivity contribution in [3.8, 4) is 5.75 Å². The number of hydrogen-bond donors (Lipinski definition) is 2. The average molecular weight is 436 g/mol. The number of carbonyl (C=O) groups excluding carboxylic acids is 1. The van der Waals surface area contributed by atoms with Crippen LogP contribution >= 0.6 is 0 Å². The molecule has 0 unspecified atom stereocenters. The standard InChI is InChI=1S/C25H25FN2O4/c1-3-4-16-11-24(30)32-25-15(2)22(8-6-19(16)25)31-14-23(29)27-10-9-17-13-28-21-7-5-18(26)12-20(17)21/h5-8,11-13,28H,3-4,9-10,14H2,1-2H3,(H,27,29). The number of aromatic amines is 1. The molecule has 4 rings (SSSR count). The van der Waals surface area contributed by atoms with Crippen LogP contribution in [-0.2, 0) is 17.6 Å². The fourth-order valence-electron chi connectivity index (χ4n) is 3.93. The number of aryl methyl sites for hydroxylation is 2. The van der Waals surface area contributed by atoms with E-state index in [-0.39, 0.29) is 18.3 Å². The lowest BCUT2D eigenvalue weighted by Crippen LogP contribution is -2.30. The maximum absolute atomic E-state index is 13.5. The van der Waals surface area contributed by atoms with Gasteiger partial charge in [-0.15, -0.1) is 0 Å². The van der Waals surface area contributed by atoms with Gasteiger partial charge in [-0.1, -0.05) is 13.3 Å². The Morgan fingerprint density at radius 2 is 1.97 bits per heavy atom. The Kier molecular flexibility index (Phi) is 6.25. The van der Waals surface area contributed by atoms with Gasteiger partial charge in [0.05, 0.1) is 0 Å². The van der Waals surface area contributed by atoms with Gasteiger partial charge in [-0.2, -0.15) is 0 Å². The van der Waals surface area contributed by atoms with Gasteiger partial charge < -0.3 is 19.5 Å². The molecule has 0 aliphatic carbocycles. The van der Waals surface area contributed by atoms with Gasteiger partial charge in [0.15, 0.2) is 6.61 Å². The number of ether oxygens (including phenoxy) is 1. The minimum atomic E-state index is -0.392. The third-order valence-electron chi connectivity index (χ3n) is 5.52. The van der Waals surface area contributed by atoms with Gasteiger partial charge in [-0.25, -0.2) is 9.18 Å². The zero-order valence-electron chi connectivity index (χ0n) is 18.1. The first kappa shape index (κ1) is 21.6. The van der Waals surface area contributed by atoms with Crippen molar-refractivity contribution in [2.24, 2.45) is 0 Å². The summed E-state index contributed by atoms with van der Waals surface area (Å²) in [6.07, 6.45) is 4.10. The number of carbonyl (C=O) groups is 1. The van der Waals surface area contributed by atoms with Crippen LogP contribution in [0.1, 0.15) is 30.0 Å². The van der Waals surface area contributed by atoms with Gasteiger partial charge >= 0.3 is 5.63 Å². The average Bonchev–Trinajstić information content (AvgIpc) is 3.16. The van der Waals surface area contributed by atoms with Crippen LogP contribution in [0.3, 0.4) is 0 Å². The number of H-pyrrole nitrogens is 1. The summed E-state index contributed by atoms with van der Waals surface area (Å²) in [5.41, 5.74) is 3.52. The van der Waals surface area contributed by atoms with E-state index >= 15 is 0 Å². The highest BCUT2D eigenvalue weighted by molar-refractivity contribution is 5.85. The monoisotopic (exact) mass is 436 g/mol. The predicted octanol–water partition coefficient (Wildman–Crippen LogP) is 4.41. The first-order chi connectivity index (χ1) is 15.5. The number of aromatic nitrogens is 1. The van der Waals surface area contributed by atoms with Crippen molar-refractivity contribution in [3.05, 3.63) is 75.5 Å². The Bertz CT molecular complexity index is 1340. The molecule has 2 N–H and O–H groups in total. The summed E-state index contributed by atoms with van der Waals surface area (Å²) < 4.78 is 24.6. The quantitative estimate of drug-likeness (QED) is 0.401. The van der Waals surface area contributed by atoms with Crippen LogP contribution in [0.2, 0.25) is 0 Å². The first-order valence-electron chi connectivity index (χ1n) is 10.7. The number of benzene rings is 2. The van der Waals surface area contributed by atoms with Gasteiger partial charge in [0.1, 0.15) is 17.1 Å². The molecule has 4 aromatic rings. The Hall–Kier alpha value is -3.61. The summed E-state index contributed by atoms with van der Waals surface area (Å²) in [6, 6.07) is 9.77. The summed E-state index contributed by atoms with van der Waals surface area (Å²) in [5, 5.41) is 4.51. The molecule has 0 aliphatic rings. The van der Waals surface area contributed by atoms with Crippen molar-refractivity contribution in [1.29, 1.82) is 0 Å². The Morgan fingerprint density at radius 1 is 1.12 bits per heavy atom. The summed E-state index contributed by atoms with van der Waals surface area (Å²) in [7, 11) is 0. The smallest absolute Gasteiger partial charge is 0.336 e. The minimum absolute atomic E-state index is 0.159. The maximum Gasteiger partial charge on any atom is 0.336 e. The lowest BCUT2D eigenvalue weighted by atomic mass is 10.0. The highest BCUT2D eigenvalue weighted by Gasteiger charge is 2.13. The molecular weight excluding hydrogens is 411 g/mol. The Balaban J connectivity index is 1.37. The minimum Gasteiger partial charge on any atom is -0.483 e. The van der Waals surface area contributed by atoms with E-state index in [9.17, 15) is 14.0 Å². The number of nitrogens with one attached hydrogen (secondary N) is 2. The van der Waals surface area contributed by atoms with E-state index in [0.29, 0.717) is 29.9 Å². The van der Waals surface area contributed by atoms with Crippen molar-refractivity contribution < 1.29 is 18.3 Å². The maximum atomic E-state index is 13.5. The van der Waals surface area contributed by atoms with Crippen molar-refractivity contribution >= 4 is 27.8 Å². The third-order valence-corrected chi connectivity index (χ3v) is 5.52. The zero-order chi connectivity index (χ0) is 22.7.